The summed E-state index contributed by atoms with van der Waals surface area (Å²) in [6.07, 6.45) is 4.27. The van der Waals surface area contributed by atoms with Gasteiger partial charge in [-0.2, -0.15) is 0 Å². The number of halogens is 3. The third-order valence-electron chi connectivity index (χ3n) is 4.90. The molecular weight excluding hydrogens is 555 g/mol. The van der Waals surface area contributed by atoms with Crippen molar-refractivity contribution in [2.24, 2.45) is 0 Å². The van der Waals surface area contributed by atoms with Crippen molar-refractivity contribution < 1.29 is 17.4 Å². The maximum absolute atomic E-state index is 8.44. The lowest BCUT2D eigenvalue weighted by atomic mass is 10.1. The summed E-state index contributed by atoms with van der Waals surface area (Å²) in [6, 6.07) is 23.4. The molecule has 6 nitrogen and oxygen atoms in total. The first kappa shape index (κ1) is 30.3. The van der Waals surface area contributed by atoms with Crippen LogP contribution in [0.15, 0.2) is 79.1 Å². The first-order valence-corrected chi connectivity index (χ1v) is 13.2. The van der Waals surface area contributed by atoms with E-state index in [-0.39, 0.29) is 0 Å². The number of hydrogen-bond acceptors (Lipinski definition) is 6. The molecule has 37 heavy (non-hydrogen) atoms. The molecule has 0 unspecified atom stereocenters. The van der Waals surface area contributed by atoms with Gasteiger partial charge in [-0.25, -0.2) is 9.97 Å². The van der Waals surface area contributed by atoms with Crippen LogP contribution in [0.5, 0.6) is 11.5 Å². The van der Waals surface area contributed by atoms with Gasteiger partial charge >= 0.3 is 10.6 Å². The van der Waals surface area contributed by atoms with Gasteiger partial charge in [0.15, 0.2) is 0 Å². The van der Waals surface area contributed by atoms with Crippen molar-refractivity contribution in [3.63, 3.8) is 0 Å². The van der Waals surface area contributed by atoms with Crippen molar-refractivity contribution in [1.82, 2.24) is 9.97 Å². The molecule has 1 aromatic heterocycles. The molecule has 0 saturated heterocycles. The largest absolute Gasteiger partial charge is 0.456 e. The van der Waals surface area contributed by atoms with Crippen LogP contribution >= 0.6 is 34.8 Å². The summed E-state index contributed by atoms with van der Waals surface area (Å²) < 4.78 is 31.1. The Hall–Kier alpha value is -2.97. The van der Waals surface area contributed by atoms with Crippen molar-refractivity contribution >= 4 is 45.4 Å². The van der Waals surface area contributed by atoms with Crippen LogP contribution < -0.4 is 4.74 Å². The highest BCUT2D eigenvalue weighted by molar-refractivity contribution is 7.59. The minimum Gasteiger partial charge on any atom is -0.456 e. The van der Waals surface area contributed by atoms with Crippen molar-refractivity contribution in [3.05, 3.63) is 117 Å². The van der Waals surface area contributed by atoms with Gasteiger partial charge in [-0.05, 0) is 69.0 Å². The summed E-state index contributed by atoms with van der Waals surface area (Å²) in [5, 5.41) is 1.73. The molecule has 0 spiro atoms. The Morgan fingerprint density at radius 3 is 2.03 bits per heavy atom. The molecule has 0 radical (unpaired) electrons. The van der Waals surface area contributed by atoms with Crippen LogP contribution in [0, 0.1) is 13.8 Å². The zero-order valence-electron chi connectivity index (χ0n) is 20.2. The Morgan fingerprint density at radius 1 is 0.811 bits per heavy atom. The number of aryl methyl sites for hydroxylation is 4. The van der Waals surface area contributed by atoms with Gasteiger partial charge in [0, 0.05) is 5.02 Å². The van der Waals surface area contributed by atoms with E-state index >= 15 is 0 Å². The number of ether oxygens (including phenoxy) is 1. The van der Waals surface area contributed by atoms with Gasteiger partial charge in [0.05, 0.1) is 21.4 Å². The van der Waals surface area contributed by atoms with E-state index < -0.39 is 10.6 Å². The summed E-state index contributed by atoms with van der Waals surface area (Å²) in [4.78, 5) is 8.35. The molecule has 0 aliphatic carbocycles. The molecule has 0 N–H and O–H groups in total. The Labute approximate surface area is 233 Å². The fourth-order valence-electron chi connectivity index (χ4n) is 3.09. The van der Waals surface area contributed by atoms with Crippen LogP contribution in [-0.2, 0) is 23.5 Å². The fraction of sp³-hybridized carbons (Fsp3) is 0.185. The average molecular weight is 580 g/mol. The SMILES string of the molecule is Cc1ccccc1.Cc1ncnc(CCCc2ccc(Oc3ccc(Cl)cc3Cl)cc2)c1Cl.O=S(=O)=O. The predicted octanol–water partition coefficient (Wildman–Crippen LogP) is 7.70. The van der Waals surface area contributed by atoms with Crippen LogP contribution in [0.2, 0.25) is 15.1 Å². The molecule has 4 aromatic rings. The standard InChI is InChI=1S/C20H17Cl3N2O.C7H8.O3S/c1-13-20(23)18(25-12-24-13)4-2-3-14-5-8-16(9-6-14)26-19-10-7-15(21)11-17(19)22;1-7-5-3-2-4-6-7;1-4(2)3/h5-12H,2-4H2,1H3;2-6H,1H3;. The maximum atomic E-state index is 8.44. The van der Waals surface area contributed by atoms with Crippen molar-refractivity contribution in [2.75, 3.05) is 0 Å². The predicted molar refractivity (Wildman–Crippen MR) is 148 cm³/mol. The van der Waals surface area contributed by atoms with Gasteiger partial charge in [0.1, 0.15) is 17.8 Å². The normalized spacial score (nSPS) is 9.86. The molecule has 1 heterocycles. The fourth-order valence-corrected chi connectivity index (χ4v) is 3.72. The van der Waals surface area contributed by atoms with Crippen LogP contribution in [-0.4, -0.2) is 22.6 Å². The number of benzene rings is 3. The minimum atomic E-state index is -3.11. The number of nitrogens with zero attached hydrogens (tertiary/aromatic N) is 2. The molecule has 0 amide bonds. The summed E-state index contributed by atoms with van der Waals surface area (Å²) in [7, 11) is -3.11. The van der Waals surface area contributed by atoms with Crippen LogP contribution in [0.25, 0.3) is 0 Å². The molecule has 4 rings (SSSR count). The van der Waals surface area contributed by atoms with Gasteiger partial charge in [0.2, 0.25) is 0 Å². The first-order valence-electron chi connectivity index (χ1n) is 11.1. The summed E-state index contributed by atoms with van der Waals surface area (Å²) in [5.74, 6) is 1.31. The monoisotopic (exact) mass is 578 g/mol. The molecular formula is C27H25Cl3N2O4S. The second kappa shape index (κ2) is 16.0. The average Bonchev–Trinajstić information content (AvgIpc) is 2.85. The summed E-state index contributed by atoms with van der Waals surface area (Å²) in [5.41, 5.74) is 4.26. The van der Waals surface area contributed by atoms with Crippen LogP contribution in [0.4, 0.5) is 0 Å². The molecule has 0 atom stereocenters. The molecule has 0 saturated carbocycles. The number of rotatable bonds is 6. The third-order valence-corrected chi connectivity index (χ3v) is 5.92. The third kappa shape index (κ3) is 11.7. The highest BCUT2D eigenvalue weighted by atomic mass is 35.5. The van der Waals surface area contributed by atoms with Crippen molar-refractivity contribution in [1.29, 1.82) is 0 Å². The highest BCUT2D eigenvalue weighted by Crippen LogP contribution is 2.31. The Balaban J connectivity index is 0.000000363. The second-order valence-electron chi connectivity index (χ2n) is 7.75. The van der Waals surface area contributed by atoms with E-state index in [2.05, 4.69) is 29.0 Å². The molecule has 10 heteroatoms. The van der Waals surface area contributed by atoms with Crippen LogP contribution in [0.3, 0.4) is 0 Å². The Morgan fingerprint density at radius 2 is 1.46 bits per heavy atom. The van der Waals surface area contributed by atoms with E-state index in [9.17, 15) is 0 Å². The van der Waals surface area contributed by atoms with Crippen molar-refractivity contribution in [3.8, 4) is 11.5 Å². The lowest BCUT2D eigenvalue weighted by molar-refractivity contribution is 0.482. The molecule has 3 aromatic carbocycles. The van der Waals surface area contributed by atoms with Gasteiger partial charge in [-0.1, -0.05) is 82.8 Å². The highest BCUT2D eigenvalue weighted by Gasteiger charge is 2.07. The zero-order chi connectivity index (χ0) is 27.2. The molecule has 0 fully saturated rings. The Kier molecular flexibility index (Phi) is 13.1. The van der Waals surface area contributed by atoms with E-state index in [0.29, 0.717) is 20.8 Å². The van der Waals surface area contributed by atoms with E-state index in [1.54, 1.807) is 24.5 Å². The zero-order valence-corrected chi connectivity index (χ0v) is 23.3. The van der Waals surface area contributed by atoms with Gasteiger partial charge in [-0.15, -0.1) is 12.6 Å². The van der Waals surface area contributed by atoms with Crippen LogP contribution in [0.1, 0.15) is 28.9 Å². The van der Waals surface area contributed by atoms with E-state index in [0.717, 1.165) is 36.4 Å². The van der Waals surface area contributed by atoms with Crippen molar-refractivity contribution in [2.45, 2.75) is 33.1 Å². The quantitative estimate of drug-likeness (QED) is 0.233. The van der Waals surface area contributed by atoms with Gasteiger partial charge in [-0.3, -0.25) is 0 Å². The summed E-state index contributed by atoms with van der Waals surface area (Å²) in [6.45, 7) is 3.97. The lowest BCUT2D eigenvalue weighted by Gasteiger charge is -2.09. The van der Waals surface area contributed by atoms with E-state index in [4.69, 9.17) is 52.2 Å². The molecule has 0 aliphatic heterocycles. The van der Waals surface area contributed by atoms with Gasteiger partial charge in [0.25, 0.3) is 0 Å². The first-order chi connectivity index (χ1) is 17.7. The van der Waals surface area contributed by atoms with Gasteiger partial charge < -0.3 is 4.74 Å². The minimum absolute atomic E-state index is 0.485. The second-order valence-corrected chi connectivity index (χ2v) is 9.38. The summed E-state index contributed by atoms with van der Waals surface area (Å²) >= 11 is 18.3. The maximum Gasteiger partial charge on any atom is 0.425 e. The number of aromatic nitrogens is 2. The topological polar surface area (TPSA) is 86.2 Å². The molecule has 194 valence electrons. The van der Waals surface area contributed by atoms with E-state index in [1.165, 1.54) is 11.1 Å². The molecule has 0 aliphatic rings. The van der Waals surface area contributed by atoms with E-state index in [1.807, 2.05) is 49.4 Å². The lowest BCUT2D eigenvalue weighted by Crippen LogP contribution is -1.97. The molecule has 0 bridgehead atoms. The Bertz CT molecular complexity index is 1380. The smallest absolute Gasteiger partial charge is 0.425 e. The number of hydrogen-bond donors (Lipinski definition) is 0.